The molecule has 160 valence electrons. The number of aromatic amines is 1. The van der Waals surface area contributed by atoms with Gasteiger partial charge in [0.05, 0.1) is 12.7 Å². The van der Waals surface area contributed by atoms with Crippen LogP contribution in [0.4, 0.5) is 0 Å². The van der Waals surface area contributed by atoms with Gasteiger partial charge in [0.15, 0.2) is 5.78 Å². The number of dihydropyridines is 1. The fraction of sp³-hybridized carbons (Fsp3) is 0.185. The highest BCUT2D eigenvalue weighted by atomic mass is 16.5. The Kier molecular flexibility index (Phi) is 4.82. The molecule has 5 rings (SSSR count). The number of esters is 1. The van der Waals surface area contributed by atoms with Gasteiger partial charge < -0.3 is 15.0 Å². The summed E-state index contributed by atoms with van der Waals surface area (Å²) in [5.41, 5.74) is 7.62. The first-order chi connectivity index (χ1) is 15.5. The van der Waals surface area contributed by atoms with E-state index in [9.17, 15) is 9.59 Å². The molecule has 5 heteroatoms. The van der Waals surface area contributed by atoms with E-state index in [0.717, 1.165) is 38.9 Å². The summed E-state index contributed by atoms with van der Waals surface area (Å²) in [4.78, 5) is 29.1. The number of allylic oxidation sites excluding steroid dienone is 3. The molecule has 3 aromatic rings. The van der Waals surface area contributed by atoms with Gasteiger partial charge in [-0.2, -0.15) is 0 Å². The molecule has 0 bridgehead atoms. The SMILES string of the molecule is C=C1CC(=O)C2=C(C1)NC(C)=C(C(=O)OC)C2c1cccc(-c2ccc3[nH]ccc3c2)c1. The van der Waals surface area contributed by atoms with Gasteiger partial charge in [-0.05, 0) is 47.2 Å². The largest absolute Gasteiger partial charge is 0.466 e. The number of nitrogens with one attached hydrogen (secondary N) is 2. The third-order valence-electron chi connectivity index (χ3n) is 6.29. The first-order valence-corrected chi connectivity index (χ1v) is 10.6. The third-order valence-corrected chi connectivity index (χ3v) is 6.29. The number of hydrogen-bond donors (Lipinski definition) is 2. The van der Waals surface area contributed by atoms with E-state index in [1.807, 2.05) is 37.4 Å². The number of H-pyrrole nitrogens is 1. The summed E-state index contributed by atoms with van der Waals surface area (Å²) in [6.07, 6.45) is 2.83. The Bertz CT molecular complexity index is 1360. The van der Waals surface area contributed by atoms with Crippen LogP contribution in [-0.4, -0.2) is 23.8 Å². The van der Waals surface area contributed by atoms with Crippen LogP contribution in [0.5, 0.6) is 0 Å². The molecule has 0 amide bonds. The van der Waals surface area contributed by atoms with Crippen LogP contribution >= 0.6 is 0 Å². The first kappa shape index (κ1) is 20.1. The van der Waals surface area contributed by atoms with Crippen LogP contribution in [0.15, 0.2) is 89.4 Å². The lowest BCUT2D eigenvalue weighted by molar-refractivity contribution is -0.136. The summed E-state index contributed by atoms with van der Waals surface area (Å²) in [7, 11) is 1.37. The molecule has 0 radical (unpaired) electrons. The number of carbonyl (C=O) groups is 2. The number of carbonyl (C=O) groups excluding carboxylic acids is 2. The van der Waals surface area contributed by atoms with E-state index in [1.54, 1.807) is 0 Å². The maximum absolute atomic E-state index is 13.1. The van der Waals surface area contributed by atoms with E-state index in [-0.39, 0.29) is 5.78 Å². The molecule has 1 atom stereocenters. The van der Waals surface area contributed by atoms with Crippen molar-refractivity contribution in [2.24, 2.45) is 0 Å². The van der Waals surface area contributed by atoms with Crippen molar-refractivity contribution in [3.63, 3.8) is 0 Å². The Labute approximate surface area is 186 Å². The molecule has 0 spiro atoms. The molecule has 32 heavy (non-hydrogen) atoms. The van der Waals surface area contributed by atoms with Crippen LogP contribution in [0, 0.1) is 0 Å². The van der Waals surface area contributed by atoms with Crippen molar-refractivity contribution in [2.75, 3.05) is 7.11 Å². The van der Waals surface area contributed by atoms with E-state index >= 15 is 0 Å². The average Bonchev–Trinajstić information content (AvgIpc) is 3.25. The predicted molar refractivity (Wildman–Crippen MR) is 125 cm³/mol. The molecule has 1 aliphatic heterocycles. The lowest BCUT2D eigenvalue weighted by atomic mass is 9.74. The van der Waals surface area contributed by atoms with Gasteiger partial charge in [-0.15, -0.1) is 0 Å². The number of ether oxygens (including phenoxy) is 1. The molecule has 2 aromatic carbocycles. The number of rotatable bonds is 3. The molecule has 2 heterocycles. The van der Waals surface area contributed by atoms with E-state index < -0.39 is 11.9 Å². The summed E-state index contributed by atoms with van der Waals surface area (Å²) < 4.78 is 5.11. The molecular formula is C27H24N2O3. The number of ketones is 1. The molecule has 5 nitrogen and oxygen atoms in total. The zero-order valence-corrected chi connectivity index (χ0v) is 18.1. The van der Waals surface area contributed by atoms with Gasteiger partial charge >= 0.3 is 5.97 Å². The number of aromatic nitrogens is 1. The van der Waals surface area contributed by atoms with Gasteiger partial charge in [-0.3, -0.25) is 4.79 Å². The summed E-state index contributed by atoms with van der Waals surface area (Å²) in [5, 5.41) is 4.41. The fourth-order valence-electron chi connectivity index (χ4n) is 4.84. The quantitative estimate of drug-likeness (QED) is 0.451. The van der Waals surface area contributed by atoms with Crippen LogP contribution in [-0.2, 0) is 14.3 Å². The molecule has 1 aromatic heterocycles. The highest BCUT2D eigenvalue weighted by Crippen LogP contribution is 2.44. The molecule has 0 saturated heterocycles. The Morgan fingerprint density at radius 1 is 1.09 bits per heavy atom. The van der Waals surface area contributed by atoms with Crippen molar-refractivity contribution < 1.29 is 14.3 Å². The van der Waals surface area contributed by atoms with Crippen molar-refractivity contribution in [1.82, 2.24) is 10.3 Å². The van der Waals surface area contributed by atoms with Crippen LogP contribution in [0.1, 0.15) is 31.2 Å². The second kappa shape index (κ2) is 7.68. The third kappa shape index (κ3) is 3.26. The minimum Gasteiger partial charge on any atom is -0.466 e. The standard InChI is InChI=1S/C27H24N2O3/c1-15-11-22-26(23(30)12-15)25(24(16(2)29-22)27(31)32-3)20-6-4-5-17(14-20)18-7-8-21-19(13-18)9-10-28-21/h4-10,13-14,25,28-29H,1,11-12H2,2-3H3. The molecule has 1 aliphatic carbocycles. The lowest BCUT2D eigenvalue weighted by Crippen LogP contribution is -2.34. The average molecular weight is 425 g/mol. The zero-order valence-electron chi connectivity index (χ0n) is 18.1. The maximum Gasteiger partial charge on any atom is 0.336 e. The van der Waals surface area contributed by atoms with Gasteiger partial charge in [0.1, 0.15) is 0 Å². The fourth-order valence-corrected chi connectivity index (χ4v) is 4.84. The predicted octanol–water partition coefficient (Wildman–Crippen LogP) is 5.14. The number of methoxy groups -OCH3 is 1. The van der Waals surface area contributed by atoms with Crippen molar-refractivity contribution in [3.05, 3.63) is 95.0 Å². The normalized spacial score (nSPS) is 18.6. The molecule has 2 N–H and O–H groups in total. The summed E-state index contributed by atoms with van der Waals surface area (Å²) in [6, 6.07) is 16.4. The van der Waals surface area contributed by atoms with E-state index in [2.05, 4.69) is 41.1 Å². The van der Waals surface area contributed by atoms with E-state index in [0.29, 0.717) is 29.7 Å². The van der Waals surface area contributed by atoms with Crippen molar-refractivity contribution in [1.29, 1.82) is 0 Å². The van der Waals surface area contributed by atoms with E-state index in [1.165, 1.54) is 7.11 Å². The van der Waals surface area contributed by atoms with Crippen LogP contribution in [0.3, 0.4) is 0 Å². The topological polar surface area (TPSA) is 71.2 Å². The highest BCUT2D eigenvalue weighted by molar-refractivity contribution is 6.05. The first-order valence-electron chi connectivity index (χ1n) is 10.6. The molecule has 0 saturated carbocycles. The van der Waals surface area contributed by atoms with Crippen LogP contribution in [0.2, 0.25) is 0 Å². The zero-order chi connectivity index (χ0) is 22.4. The number of fused-ring (bicyclic) bond motifs is 1. The van der Waals surface area contributed by atoms with Gasteiger partial charge in [0.25, 0.3) is 0 Å². The number of benzene rings is 2. The summed E-state index contributed by atoms with van der Waals surface area (Å²) >= 11 is 0. The van der Waals surface area contributed by atoms with Crippen molar-refractivity contribution in [3.8, 4) is 11.1 Å². The second-order valence-corrected chi connectivity index (χ2v) is 8.41. The lowest BCUT2D eigenvalue weighted by Gasteiger charge is -2.34. The molecule has 1 unspecified atom stereocenters. The summed E-state index contributed by atoms with van der Waals surface area (Å²) in [6.45, 7) is 5.87. The monoisotopic (exact) mass is 424 g/mol. The molecular weight excluding hydrogens is 400 g/mol. The maximum atomic E-state index is 13.1. The van der Waals surface area contributed by atoms with Gasteiger partial charge in [-0.25, -0.2) is 4.79 Å². The smallest absolute Gasteiger partial charge is 0.336 e. The minimum atomic E-state index is -0.477. The van der Waals surface area contributed by atoms with Gasteiger partial charge in [0.2, 0.25) is 0 Å². The minimum absolute atomic E-state index is 0.00167. The van der Waals surface area contributed by atoms with Crippen molar-refractivity contribution in [2.45, 2.75) is 25.7 Å². The van der Waals surface area contributed by atoms with Crippen LogP contribution < -0.4 is 5.32 Å². The summed E-state index contributed by atoms with van der Waals surface area (Å²) in [5.74, 6) is -0.903. The Morgan fingerprint density at radius 3 is 2.72 bits per heavy atom. The number of Topliss-reactive ketones (excluding diaryl/α,β-unsaturated/α-hetero) is 1. The Hall–Kier alpha value is -3.86. The Balaban J connectivity index is 1.66. The van der Waals surface area contributed by atoms with Crippen LogP contribution in [0.25, 0.3) is 22.0 Å². The molecule has 0 fully saturated rings. The van der Waals surface area contributed by atoms with E-state index in [4.69, 9.17) is 4.74 Å². The number of hydrogen-bond acceptors (Lipinski definition) is 4. The second-order valence-electron chi connectivity index (χ2n) is 8.41. The Morgan fingerprint density at radius 2 is 1.91 bits per heavy atom. The highest BCUT2D eigenvalue weighted by Gasteiger charge is 2.39. The van der Waals surface area contributed by atoms with Gasteiger partial charge in [0, 0.05) is 47.4 Å². The molecule has 2 aliphatic rings. The van der Waals surface area contributed by atoms with Crippen molar-refractivity contribution >= 4 is 22.7 Å². The van der Waals surface area contributed by atoms with Gasteiger partial charge in [-0.1, -0.05) is 42.5 Å².